The van der Waals surface area contributed by atoms with E-state index < -0.39 is 0 Å². The van der Waals surface area contributed by atoms with Gasteiger partial charge in [-0.1, -0.05) is 24.6 Å². The zero-order valence-corrected chi connectivity index (χ0v) is 12.6. The number of hydrogen-bond acceptors (Lipinski definition) is 2. The molecular formula is C15H25NS. The molecule has 0 aromatic heterocycles. The van der Waals surface area contributed by atoms with Gasteiger partial charge in [0.2, 0.25) is 0 Å². The summed E-state index contributed by atoms with van der Waals surface area (Å²) in [5, 5.41) is 3.67. The lowest BCUT2D eigenvalue weighted by Crippen LogP contribution is -2.25. The summed E-state index contributed by atoms with van der Waals surface area (Å²) in [5.41, 5.74) is 5.70. The molecule has 96 valence electrons. The summed E-state index contributed by atoms with van der Waals surface area (Å²) in [6, 6.07) is 5.08. The highest BCUT2D eigenvalue weighted by Gasteiger charge is 2.15. The van der Waals surface area contributed by atoms with Gasteiger partial charge in [0, 0.05) is 11.8 Å². The van der Waals surface area contributed by atoms with Crippen molar-refractivity contribution < 1.29 is 0 Å². The molecule has 1 N–H and O–H groups in total. The van der Waals surface area contributed by atoms with Gasteiger partial charge in [-0.3, -0.25) is 0 Å². The average molecular weight is 251 g/mol. The first-order valence-electron chi connectivity index (χ1n) is 6.40. The molecule has 17 heavy (non-hydrogen) atoms. The van der Waals surface area contributed by atoms with Crippen LogP contribution in [0.4, 0.5) is 0 Å². The van der Waals surface area contributed by atoms with Crippen molar-refractivity contribution in [3.05, 3.63) is 34.4 Å². The molecule has 0 spiro atoms. The smallest absolute Gasteiger partial charge is 0.0417 e. The van der Waals surface area contributed by atoms with Crippen LogP contribution in [-0.4, -0.2) is 18.6 Å². The lowest BCUT2D eigenvalue weighted by atomic mass is 9.95. The highest BCUT2D eigenvalue weighted by molar-refractivity contribution is 7.98. The van der Waals surface area contributed by atoms with Crippen molar-refractivity contribution >= 4 is 11.8 Å². The summed E-state index contributed by atoms with van der Waals surface area (Å²) in [4.78, 5) is 0. The van der Waals surface area contributed by atoms with Gasteiger partial charge < -0.3 is 5.32 Å². The Balaban J connectivity index is 3.00. The van der Waals surface area contributed by atoms with Crippen molar-refractivity contribution in [2.45, 2.75) is 40.2 Å². The van der Waals surface area contributed by atoms with Crippen LogP contribution in [0.2, 0.25) is 0 Å². The van der Waals surface area contributed by atoms with E-state index in [2.05, 4.69) is 51.4 Å². The number of aryl methyl sites for hydroxylation is 3. The van der Waals surface area contributed by atoms with Crippen LogP contribution in [0.5, 0.6) is 0 Å². The van der Waals surface area contributed by atoms with Gasteiger partial charge in [-0.2, -0.15) is 11.8 Å². The zero-order valence-electron chi connectivity index (χ0n) is 11.8. The fraction of sp³-hybridized carbons (Fsp3) is 0.600. The monoisotopic (exact) mass is 251 g/mol. The molecule has 0 saturated heterocycles. The van der Waals surface area contributed by atoms with Gasteiger partial charge >= 0.3 is 0 Å². The van der Waals surface area contributed by atoms with Crippen LogP contribution in [0.3, 0.4) is 0 Å². The Bertz CT molecular complexity index is 337. The highest BCUT2D eigenvalue weighted by atomic mass is 32.2. The summed E-state index contributed by atoms with van der Waals surface area (Å²) in [6.45, 7) is 9.95. The first kappa shape index (κ1) is 14.6. The maximum absolute atomic E-state index is 3.67. The topological polar surface area (TPSA) is 12.0 Å². The third-order valence-corrected chi connectivity index (χ3v) is 3.73. The van der Waals surface area contributed by atoms with Crippen LogP contribution in [0, 0.1) is 20.8 Å². The normalized spacial score (nSPS) is 12.8. The van der Waals surface area contributed by atoms with E-state index >= 15 is 0 Å². The summed E-state index contributed by atoms with van der Waals surface area (Å²) in [5.74, 6) is 1.14. The van der Waals surface area contributed by atoms with Gasteiger partial charge in [-0.25, -0.2) is 0 Å². The van der Waals surface area contributed by atoms with Gasteiger partial charge in [0.1, 0.15) is 0 Å². The standard InChI is InChI=1S/C15H25NS/c1-6-7-16-14(10-17-5)15-12(3)8-11(2)9-13(15)4/h8-9,14,16H,6-7,10H2,1-5H3. The number of benzene rings is 1. The summed E-state index contributed by atoms with van der Waals surface area (Å²) in [7, 11) is 0. The first-order chi connectivity index (χ1) is 8.10. The molecule has 0 heterocycles. The Hall–Kier alpha value is -0.470. The highest BCUT2D eigenvalue weighted by Crippen LogP contribution is 2.25. The maximum Gasteiger partial charge on any atom is 0.0417 e. The molecule has 1 aromatic rings. The Morgan fingerprint density at radius 1 is 1.18 bits per heavy atom. The second-order valence-electron chi connectivity index (χ2n) is 4.77. The van der Waals surface area contributed by atoms with Crippen LogP contribution in [0.1, 0.15) is 41.6 Å². The van der Waals surface area contributed by atoms with Crippen molar-refractivity contribution in [1.29, 1.82) is 0 Å². The Labute approximate surface area is 110 Å². The molecule has 2 heteroatoms. The molecule has 0 aliphatic heterocycles. The van der Waals surface area contributed by atoms with Crippen LogP contribution < -0.4 is 5.32 Å². The van der Waals surface area contributed by atoms with Crippen molar-refractivity contribution in [1.82, 2.24) is 5.32 Å². The first-order valence-corrected chi connectivity index (χ1v) is 7.79. The zero-order chi connectivity index (χ0) is 12.8. The van der Waals surface area contributed by atoms with Gasteiger partial charge in [0.25, 0.3) is 0 Å². The minimum atomic E-state index is 0.491. The van der Waals surface area contributed by atoms with E-state index in [1.54, 1.807) is 0 Å². The largest absolute Gasteiger partial charge is 0.309 e. The summed E-state index contributed by atoms with van der Waals surface area (Å²) >= 11 is 1.91. The lowest BCUT2D eigenvalue weighted by molar-refractivity contribution is 0.573. The fourth-order valence-electron chi connectivity index (χ4n) is 2.47. The number of hydrogen-bond donors (Lipinski definition) is 1. The lowest BCUT2D eigenvalue weighted by Gasteiger charge is -2.22. The van der Waals surface area contributed by atoms with E-state index in [-0.39, 0.29) is 0 Å². The predicted octanol–water partition coefficient (Wildman–Crippen LogP) is 4.02. The molecule has 1 nitrogen and oxygen atoms in total. The average Bonchev–Trinajstić information content (AvgIpc) is 2.24. The molecule has 1 unspecified atom stereocenters. The van der Waals surface area contributed by atoms with Gasteiger partial charge in [-0.15, -0.1) is 0 Å². The molecule has 1 aromatic carbocycles. The molecule has 0 amide bonds. The Kier molecular flexibility index (Phi) is 6.07. The molecule has 1 rings (SSSR count). The Morgan fingerprint density at radius 3 is 2.24 bits per heavy atom. The van der Waals surface area contributed by atoms with E-state index in [9.17, 15) is 0 Å². The molecule has 0 fully saturated rings. The second kappa shape index (κ2) is 7.07. The fourth-order valence-corrected chi connectivity index (χ4v) is 3.09. The summed E-state index contributed by atoms with van der Waals surface area (Å²) < 4.78 is 0. The van der Waals surface area contributed by atoms with Crippen molar-refractivity contribution in [3.8, 4) is 0 Å². The predicted molar refractivity (Wildman–Crippen MR) is 80.1 cm³/mol. The number of thioether (sulfide) groups is 1. The van der Waals surface area contributed by atoms with Crippen molar-refractivity contribution in [2.75, 3.05) is 18.6 Å². The van der Waals surface area contributed by atoms with Crippen molar-refractivity contribution in [2.24, 2.45) is 0 Å². The number of nitrogens with one attached hydrogen (secondary N) is 1. The van der Waals surface area contributed by atoms with Crippen LogP contribution in [-0.2, 0) is 0 Å². The molecular weight excluding hydrogens is 226 g/mol. The molecule has 0 aliphatic rings. The van der Waals surface area contributed by atoms with Crippen molar-refractivity contribution in [3.63, 3.8) is 0 Å². The maximum atomic E-state index is 3.67. The van der Waals surface area contributed by atoms with Crippen LogP contribution in [0.25, 0.3) is 0 Å². The van der Waals surface area contributed by atoms with E-state index in [4.69, 9.17) is 0 Å². The van der Waals surface area contributed by atoms with E-state index in [0.29, 0.717) is 6.04 Å². The molecule has 1 atom stereocenters. The molecule has 0 saturated carbocycles. The quantitative estimate of drug-likeness (QED) is 0.819. The minimum Gasteiger partial charge on any atom is -0.309 e. The van der Waals surface area contributed by atoms with Gasteiger partial charge in [0.05, 0.1) is 0 Å². The van der Waals surface area contributed by atoms with E-state index in [0.717, 1.165) is 12.3 Å². The SMILES string of the molecule is CCCNC(CSC)c1c(C)cc(C)cc1C. The minimum absolute atomic E-state index is 0.491. The molecule has 0 radical (unpaired) electrons. The van der Waals surface area contributed by atoms with E-state index in [1.165, 1.54) is 28.7 Å². The third kappa shape index (κ3) is 4.04. The third-order valence-electron chi connectivity index (χ3n) is 3.06. The van der Waals surface area contributed by atoms with E-state index in [1.807, 2.05) is 11.8 Å². The van der Waals surface area contributed by atoms with Crippen LogP contribution >= 0.6 is 11.8 Å². The molecule has 0 aliphatic carbocycles. The number of rotatable bonds is 6. The summed E-state index contributed by atoms with van der Waals surface area (Å²) in [6.07, 6.45) is 3.37. The van der Waals surface area contributed by atoms with Crippen LogP contribution in [0.15, 0.2) is 12.1 Å². The molecule has 0 bridgehead atoms. The second-order valence-corrected chi connectivity index (χ2v) is 5.69. The van der Waals surface area contributed by atoms with Gasteiger partial charge in [-0.05, 0) is 56.7 Å². The van der Waals surface area contributed by atoms with Gasteiger partial charge in [0.15, 0.2) is 0 Å². The Morgan fingerprint density at radius 2 is 1.76 bits per heavy atom.